The fourth-order valence-corrected chi connectivity index (χ4v) is 4.33. The summed E-state index contributed by atoms with van der Waals surface area (Å²) < 4.78 is 43.8. The number of fused-ring (bicyclic) bond motifs is 2. The maximum absolute atomic E-state index is 12.8. The molecule has 2 atom stereocenters. The monoisotopic (exact) mass is 404 g/mol. The SMILES string of the molecule is O=C(Nc1ccccc1-c1ccc(C(F)(F)F)cc1)OCC1CC2CCC(C1)N2. The van der Waals surface area contributed by atoms with Gasteiger partial charge in [-0.3, -0.25) is 5.32 Å². The van der Waals surface area contributed by atoms with Crippen LogP contribution in [0.15, 0.2) is 48.5 Å². The zero-order valence-electron chi connectivity index (χ0n) is 15.8. The van der Waals surface area contributed by atoms with Crippen LogP contribution in [-0.2, 0) is 10.9 Å². The fraction of sp³-hybridized carbons (Fsp3) is 0.409. The summed E-state index contributed by atoms with van der Waals surface area (Å²) in [4.78, 5) is 12.3. The second-order valence-corrected chi connectivity index (χ2v) is 7.82. The van der Waals surface area contributed by atoms with Crippen LogP contribution >= 0.6 is 0 Å². The third-order valence-corrected chi connectivity index (χ3v) is 5.71. The molecule has 2 fully saturated rings. The van der Waals surface area contributed by atoms with Crippen LogP contribution in [0.2, 0.25) is 0 Å². The molecule has 0 radical (unpaired) electrons. The highest BCUT2D eigenvalue weighted by atomic mass is 19.4. The van der Waals surface area contributed by atoms with Gasteiger partial charge in [0.1, 0.15) is 0 Å². The predicted molar refractivity (Wildman–Crippen MR) is 105 cm³/mol. The van der Waals surface area contributed by atoms with Crippen LogP contribution < -0.4 is 10.6 Å². The van der Waals surface area contributed by atoms with E-state index in [1.807, 2.05) is 0 Å². The predicted octanol–water partition coefficient (Wildman–Crippen LogP) is 5.45. The third kappa shape index (κ3) is 4.72. The van der Waals surface area contributed by atoms with Crippen LogP contribution in [0.3, 0.4) is 0 Å². The minimum absolute atomic E-state index is 0.365. The molecular weight excluding hydrogens is 381 g/mol. The van der Waals surface area contributed by atoms with Crippen LogP contribution in [0.4, 0.5) is 23.7 Å². The fourth-order valence-electron chi connectivity index (χ4n) is 4.33. The molecule has 2 N–H and O–H groups in total. The molecule has 2 unspecified atom stereocenters. The van der Waals surface area contributed by atoms with Gasteiger partial charge in [0.2, 0.25) is 0 Å². The first-order valence-electron chi connectivity index (χ1n) is 9.85. The number of alkyl halides is 3. The molecule has 2 bridgehead atoms. The van der Waals surface area contributed by atoms with Crippen LogP contribution in [0.1, 0.15) is 31.2 Å². The topological polar surface area (TPSA) is 50.4 Å². The molecule has 2 aromatic carbocycles. The van der Waals surface area contributed by atoms with E-state index in [0.29, 0.717) is 41.4 Å². The maximum atomic E-state index is 12.8. The Morgan fingerprint density at radius 3 is 2.34 bits per heavy atom. The van der Waals surface area contributed by atoms with Gasteiger partial charge in [0, 0.05) is 17.6 Å². The van der Waals surface area contributed by atoms with E-state index in [2.05, 4.69) is 10.6 Å². The van der Waals surface area contributed by atoms with Crippen molar-refractivity contribution in [2.75, 3.05) is 11.9 Å². The lowest BCUT2D eigenvalue weighted by Crippen LogP contribution is -2.39. The Morgan fingerprint density at radius 1 is 1.03 bits per heavy atom. The summed E-state index contributed by atoms with van der Waals surface area (Å²) in [6.45, 7) is 0.378. The summed E-state index contributed by atoms with van der Waals surface area (Å²) in [5.41, 5.74) is 1.02. The quantitative estimate of drug-likeness (QED) is 0.712. The summed E-state index contributed by atoms with van der Waals surface area (Å²) in [5.74, 6) is 0.365. The number of hydrogen-bond acceptors (Lipinski definition) is 3. The lowest BCUT2D eigenvalue weighted by atomic mass is 9.93. The Morgan fingerprint density at radius 2 is 1.69 bits per heavy atom. The van der Waals surface area contributed by atoms with Crippen LogP contribution in [0, 0.1) is 5.92 Å². The van der Waals surface area contributed by atoms with E-state index in [1.165, 1.54) is 25.0 Å². The molecule has 0 aromatic heterocycles. The van der Waals surface area contributed by atoms with Gasteiger partial charge < -0.3 is 10.1 Å². The summed E-state index contributed by atoms with van der Waals surface area (Å²) in [6, 6.07) is 12.9. The highest BCUT2D eigenvalue weighted by molar-refractivity contribution is 5.91. The number of hydrogen-bond donors (Lipinski definition) is 2. The van der Waals surface area contributed by atoms with Crippen molar-refractivity contribution >= 4 is 11.8 Å². The number of benzene rings is 2. The summed E-state index contributed by atoms with van der Waals surface area (Å²) in [7, 11) is 0. The van der Waals surface area contributed by atoms with Gasteiger partial charge >= 0.3 is 12.3 Å². The Hall–Kier alpha value is -2.54. The largest absolute Gasteiger partial charge is 0.449 e. The van der Waals surface area contributed by atoms with Crippen molar-refractivity contribution in [1.29, 1.82) is 0 Å². The Balaban J connectivity index is 1.39. The van der Waals surface area contributed by atoms with Crippen molar-refractivity contribution in [3.8, 4) is 11.1 Å². The molecule has 2 saturated heterocycles. The van der Waals surface area contributed by atoms with Gasteiger partial charge in [-0.25, -0.2) is 4.79 Å². The Labute approximate surface area is 167 Å². The number of carbonyl (C=O) groups is 1. The molecule has 4 rings (SSSR count). The molecule has 29 heavy (non-hydrogen) atoms. The first kappa shape index (κ1) is 19.8. The van der Waals surface area contributed by atoms with Gasteiger partial charge in [-0.2, -0.15) is 13.2 Å². The summed E-state index contributed by atoms with van der Waals surface area (Å²) in [6.07, 6.45) is -0.511. The highest BCUT2D eigenvalue weighted by Gasteiger charge is 2.34. The zero-order valence-corrected chi connectivity index (χ0v) is 15.8. The van der Waals surface area contributed by atoms with Crippen molar-refractivity contribution < 1.29 is 22.7 Å². The van der Waals surface area contributed by atoms with Crippen LogP contribution in [0.25, 0.3) is 11.1 Å². The van der Waals surface area contributed by atoms with E-state index in [4.69, 9.17) is 4.74 Å². The van der Waals surface area contributed by atoms with Gasteiger partial charge in [0.15, 0.2) is 0 Å². The molecule has 0 spiro atoms. The number of halogens is 3. The standard InChI is InChI=1S/C22H23F3N2O2/c23-22(24,25)16-7-5-15(6-8-16)19-3-1-2-4-20(19)27-21(28)29-13-14-11-17-9-10-18(12-14)26-17/h1-8,14,17-18,26H,9-13H2,(H,27,28). The molecule has 0 saturated carbocycles. The number of para-hydroxylation sites is 1. The van der Waals surface area contributed by atoms with Crippen molar-refractivity contribution in [2.24, 2.45) is 5.92 Å². The van der Waals surface area contributed by atoms with Gasteiger partial charge in [0.25, 0.3) is 0 Å². The van der Waals surface area contributed by atoms with E-state index >= 15 is 0 Å². The summed E-state index contributed by atoms with van der Waals surface area (Å²) in [5, 5.41) is 6.29. The molecule has 2 aromatic rings. The second kappa shape index (κ2) is 8.06. The first-order valence-corrected chi connectivity index (χ1v) is 9.85. The molecule has 2 aliphatic heterocycles. The zero-order chi connectivity index (χ0) is 20.4. The molecular formula is C22H23F3N2O2. The number of anilines is 1. The Kier molecular flexibility index (Phi) is 5.50. The second-order valence-electron chi connectivity index (χ2n) is 7.82. The van der Waals surface area contributed by atoms with Gasteiger partial charge in [-0.05, 0) is 55.4 Å². The van der Waals surface area contributed by atoms with E-state index < -0.39 is 17.8 Å². The van der Waals surface area contributed by atoms with Gasteiger partial charge in [0.05, 0.1) is 17.9 Å². The number of carbonyl (C=O) groups excluding carboxylic acids is 1. The highest BCUT2D eigenvalue weighted by Crippen LogP contribution is 2.34. The number of nitrogens with one attached hydrogen (secondary N) is 2. The van der Waals surface area contributed by atoms with Crippen molar-refractivity contribution in [3.63, 3.8) is 0 Å². The molecule has 154 valence electrons. The lowest BCUT2D eigenvalue weighted by Gasteiger charge is -2.28. The van der Waals surface area contributed by atoms with Gasteiger partial charge in [-0.1, -0.05) is 30.3 Å². The van der Waals surface area contributed by atoms with Crippen molar-refractivity contribution in [1.82, 2.24) is 5.32 Å². The summed E-state index contributed by atoms with van der Waals surface area (Å²) >= 11 is 0. The van der Waals surface area contributed by atoms with Crippen molar-refractivity contribution in [2.45, 2.75) is 43.9 Å². The van der Waals surface area contributed by atoms with E-state index in [1.54, 1.807) is 24.3 Å². The lowest BCUT2D eigenvalue weighted by molar-refractivity contribution is -0.137. The number of piperidine rings is 1. The van der Waals surface area contributed by atoms with Crippen molar-refractivity contribution in [3.05, 3.63) is 54.1 Å². The van der Waals surface area contributed by atoms with E-state index in [0.717, 1.165) is 25.0 Å². The van der Waals surface area contributed by atoms with Gasteiger partial charge in [-0.15, -0.1) is 0 Å². The van der Waals surface area contributed by atoms with Crippen LogP contribution in [-0.4, -0.2) is 24.8 Å². The number of ether oxygens (including phenoxy) is 1. The molecule has 4 nitrogen and oxygen atoms in total. The number of amides is 1. The number of rotatable bonds is 4. The molecule has 2 heterocycles. The van der Waals surface area contributed by atoms with Crippen LogP contribution in [0.5, 0.6) is 0 Å². The smallest absolute Gasteiger partial charge is 0.416 e. The van der Waals surface area contributed by atoms with E-state index in [-0.39, 0.29) is 0 Å². The van der Waals surface area contributed by atoms with E-state index in [9.17, 15) is 18.0 Å². The minimum Gasteiger partial charge on any atom is -0.449 e. The minimum atomic E-state index is -4.38. The Bertz CT molecular complexity index is 855. The third-order valence-electron chi connectivity index (χ3n) is 5.71. The normalized spacial score (nSPS) is 23.6. The molecule has 1 amide bonds. The average molecular weight is 404 g/mol. The average Bonchev–Trinajstić information content (AvgIpc) is 3.04. The molecule has 2 aliphatic rings. The molecule has 0 aliphatic carbocycles. The first-order chi connectivity index (χ1) is 13.9. The molecule has 7 heteroatoms. The maximum Gasteiger partial charge on any atom is 0.416 e.